The van der Waals surface area contributed by atoms with E-state index in [1.54, 1.807) is 29.2 Å². The highest BCUT2D eigenvalue weighted by Gasteiger charge is 2.24. The molecule has 0 saturated heterocycles. The highest BCUT2D eigenvalue weighted by molar-refractivity contribution is 7.87. The molecule has 138 valence electrons. The summed E-state index contributed by atoms with van der Waals surface area (Å²) < 4.78 is 30.6. The number of carbonyl (C=O) groups excluding carboxylic acids is 1. The summed E-state index contributed by atoms with van der Waals surface area (Å²) in [6.45, 7) is 4.09. The molecule has 0 radical (unpaired) electrons. The first-order chi connectivity index (χ1) is 12.3. The average molecular weight is 394 g/mol. The largest absolute Gasteiger partial charge is 0.379 e. The van der Waals surface area contributed by atoms with Crippen molar-refractivity contribution in [3.8, 4) is 5.75 Å². The number of hydrogen-bond acceptors (Lipinski definition) is 4. The minimum Gasteiger partial charge on any atom is -0.379 e. The van der Waals surface area contributed by atoms with Crippen LogP contribution in [0.1, 0.15) is 31.4 Å². The van der Waals surface area contributed by atoms with Gasteiger partial charge >= 0.3 is 10.1 Å². The molecule has 1 aliphatic heterocycles. The molecular weight excluding hydrogens is 374 g/mol. The van der Waals surface area contributed by atoms with Crippen LogP contribution in [0.3, 0.4) is 0 Å². The van der Waals surface area contributed by atoms with Crippen molar-refractivity contribution in [3.63, 3.8) is 0 Å². The molecule has 2 aromatic rings. The summed E-state index contributed by atoms with van der Waals surface area (Å²) in [4.78, 5) is 13.5. The monoisotopic (exact) mass is 393 g/mol. The zero-order valence-corrected chi connectivity index (χ0v) is 16.2. The normalized spacial score (nSPS) is 14.0. The molecule has 1 aliphatic rings. The van der Waals surface area contributed by atoms with Crippen molar-refractivity contribution in [1.29, 1.82) is 0 Å². The van der Waals surface area contributed by atoms with E-state index in [1.165, 1.54) is 19.1 Å². The quantitative estimate of drug-likeness (QED) is 0.737. The van der Waals surface area contributed by atoms with Crippen molar-refractivity contribution in [1.82, 2.24) is 0 Å². The summed E-state index contributed by atoms with van der Waals surface area (Å²) in [5, 5.41) is 0.579. The standard InChI is InChI=1S/C19H20ClNO4S/c1-3-14-11-16(6-8-18(14)20)25-26(23,24)17-7-9-19-15(12-17)5-4-10-21(19)13(2)22/h6-9,11-12H,3-5,10H2,1-2H3. The summed E-state index contributed by atoms with van der Waals surface area (Å²) in [6.07, 6.45) is 2.20. The minimum absolute atomic E-state index is 0.0499. The van der Waals surface area contributed by atoms with Crippen LogP contribution in [-0.4, -0.2) is 20.9 Å². The van der Waals surface area contributed by atoms with Crippen LogP contribution >= 0.6 is 11.6 Å². The predicted molar refractivity (Wildman–Crippen MR) is 101 cm³/mol. The Morgan fingerprint density at radius 2 is 2.00 bits per heavy atom. The fourth-order valence-electron chi connectivity index (χ4n) is 3.10. The molecular formula is C19H20ClNO4S. The third-order valence-electron chi connectivity index (χ3n) is 4.44. The van der Waals surface area contributed by atoms with Crippen molar-refractivity contribution in [2.45, 2.75) is 38.0 Å². The van der Waals surface area contributed by atoms with E-state index in [-0.39, 0.29) is 16.6 Å². The van der Waals surface area contributed by atoms with E-state index in [0.29, 0.717) is 18.0 Å². The summed E-state index contributed by atoms with van der Waals surface area (Å²) in [6, 6.07) is 9.54. The van der Waals surface area contributed by atoms with E-state index < -0.39 is 10.1 Å². The maximum absolute atomic E-state index is 12.7. The predicted octanol–water partition coefficient (Wildman–Crippen LogP) is 3.97. The summed E-state index contributed by atoms with van der Waals surface area (Å²) in [5.74, 6) is 0.181. The third kappa shape index (κ3) is 3.71. The Labute approximate surface area is 158 Å². The molecule has 3 rings (SSSR count). The molecule has 0 unspecified atom stereocenters. The molecule has 0 bridgehead atoms. The lowest BCUT2D eigenvalue weighted by molar-refractivity contribution is -0.116. The van der Waals surface area contributed by atoms with Gasteiger partial charge < -0.3 is 9.08 Å². The Kier molecular flexibility index (Phi) is 5.25. The first kappa shape index (κ1) is 18.7. The number of benzene rings is 2. The molecule has 0 spiro atoms. The van der Waals surface area contributed by atoms with Crippen molar-refractivity contribution >= 4 is 33.3 Å². The molecule has 0 saturated carbocycles. The molecule has 1 amide bonds. The van der Waals surface area contributed by atoms with Gasteiger partial charge in [0.2, 0.25) is 5.91 Å². The van der Waals surface area contributed by atoms with Gasteiger partial charge in [0.05, 0.1) is 0 Å². The Morgan fingerprint density at radius 1 is 1.23 bits per heavy atom. The fraction of sp³-hybridized carbons (Fsp3) is 0.316. The number of amides is 1. The molecule has 0 aromatic heterocycles. The Balaban J connectivity index is 1.92. The van der Waals surface area contributed by atoms with E-state index in [4.69, 9.17) is 15.8 Å². The van der Waals surface area contributed by atoms with Crippen molar-refractivity contribution in [2.24, 2.45) is 0 Å². The number of aryl methyl sites for hydroxylation is 2. The molecule has 0 fully saturated rings. The average Bonchev–Trinajstić information content (AvgIpc) is 2.62. The lowest BCUT2D eigenvalue weighted by atomic mass is 10.0. The van der Waals surface area contributed by atoms with Crippen LogP contribution in [0.4, 0.5) is 5.69 Å². The van der Waals surface area contributed by atoms with E-state index in [2.05, 4.69) is 0 Å². The number of halogens is 1. The van der Waals surface area contributed by atoms with Crippen LogP contribution in [0.25, 0.3) is 0 Å². The van der Waals surface area contributed by atoms with Gasteiger partial charge in [-0.05, 0) is 66.8 Å². The summed E-state index contributed by atoms with van der Waals surface area (Å²) in [7, 11) is -3.97. The molecule has 5 nitrogen and oxygen atoms in total. The number of anilines is 1. The molecule has 1 heterocycles. The van der Waals surface area contributed by atoms with E-state index >= 15 is 0 Å². The topological polar surface area (TPSA) is 63.7 Å². The number of carbonyl (C=O) groups is 1. The third-order valence-corrected chi connectivity index (χ3v) is 6.05. The molecule has 0 N–H and O–H groups in total. The second kappa shape index (κ2) is 7.29. The van der Waals surface area contributed by atoms with Crippen LogP contribution in [0.2, 0.25) is 5.02 Å². The van der Waals surface area contributed by atoms with E-state index in [0.717, 1.165) is 29.7 Å². The summed E-state index contributed by atoms with van der Waals surface area (Å²) >= 11 is 6.07. The van der Waals surface area contributed by atoms with Crippen LogP contribution in [-0.2, 0) is 27.8 Å². The fourth-order valence-corrected chi connectivity index (χ4v) is 4.33. The van der Waals surface area contributed by atoms with Gasteiger partial charge in [0.1, 0.15) is 10.6 Å². The molecule has 7 heteroatoms. The van der Waals surface area contributed by atoms with Gasteiger partial charge in [0, 0.05) is 24.2 Å². The van der Waals surface area contributed by atoms with Gasteiger partial charge in [0.15, 0.2) is 0 Å². The van der Waals surface area contributed by atoms with Crippen LogP contribution in [0.5, 0.6) is 5.75 Å². The van der Waals surface area contributed by atoms with Gasteiger partial charge in [-0.25, -0.2) is 0 Å². The van der Waals surface area contributed by atoms with Gasteiger partial charge in [-0.1, -0.05) is 18.5 Å². The number of rotatable bonds is 4. The maximum Gasteiger partial charge on any atom is 0.339 e. The van der Waals surface area contributed by atoms with Gasteiger partial charge in [-0.3, -0.25) is 4.79 Å². The second-order valence-corrected chi connectivity index (χ2v) is 8.16. The van der Waals surface area contributed by atoms with Crippen molar-refractivity contribution in [2.75, 3.05) is 11.4 Å². The van der Waals surface area contributed by atoms with Crippen LogP contribution in [0.15, 0.2) is 41.3 Å². The highest BCUT2D eigenvalue weighted by atomic mass is 35.5. The van der Waals surface area contributed by atoms with E-state index in [9.17, 15) is 13.2 Å². The zero-order valence-electron chi connectivity index (χ0n) is 14.7. The molecule has 0 atom stereocenters. The summed E-state index contributed by atoms with van der Waals surface area (Å²) in [5.41, 5.74) is 2.42. The SMILES string of the molecule is CCc1cc(OS(=O)(=O)c2ccc3c(c2)CCCN3C(C)=O)ccc1Cl. The van der Waals surface area contributed by atoms with Crippen LogP contribution < -0.4 is 9.08 Å². The van der Waals surface area contributed by atoms with Gasteiger partial charge in [0.25, 0.3) is 0 Å². The van der Waals surface area contributed by atoms with Gasteiger partial charge in [-0.2, -0.15) is 8.42 Å². The molecule has 0 aliphatic carbocycles. The Hall–Kier alpha value is -2.05. The minimum atomic E-state index is -3.97. The highest BCUT2D eigenvalue weighted by Crippen LogP contribution is 2.31. The van der Waals surface area contributed by atoms with Crippen molar-refractivity contribution < 1.29 is 17.4 Å². The Bertz CT molecular complexity index is 956. The zero-order chi connectivity index (χ0) is 18.9. The maximum atomic E-state index is 12.7. The lowest BCUT2D eigenvalue weighted by Crippen LogP contribution is -2.33. The molecule has 26 heavy (non-hydrogen) atoms. The smallest absolute Gasteiger partial charge is 0.339 e. The second-order valence-electron chi connectivity index (χ2n) is 6.21. The lowest BCUT2D eigenvalue weighted by Gasteiger charge is -2.28. The first-order valence-corrected chi connectivity index (χ1v) is 10.2. The number of fused-ring (bicyclic) bond motifs is 1. The van der Waals surface area contributed by atoms with Crippen LogP contribution in [0, 0.1) is 0 Å². The number of hydrogen-bond donors (Lipinski definition) is 0. The van der Waals surface area contributed by atoms with Crippen molar-refractivity contribution in [3.05, 3.63) is 52.5 Å². The Morgan fingerprint density at radius 3 is 2.69 bits per heavy atom. The van der Waals surface area contributed by atoms with E-state index in [1.807, 2.05) is 6.92 Å². The first-order valence-electron chi connectivity index (χ1n) is 8.46. The van der Waals surface area contributed by atoms with Gasteiger partial charge in [-0.15, -0.1) is 0 Å². The molecule has 2 aromatic carbocycles. The number of nitrogens with zero attached hydrogens (tertiary/aromatic N) is 1.